The molecule has 2 rings (SSSR count). The molecule has 30 heavy (non-hydrogen) atoms. The van der Waals surface area contributed by atoms with Crippen molar-refractivity contribution in [3.05, 3.63) is 40.5 Å². The normalized spacial score (nSPS) is 15.7. The first-order valence-corrected chi connectivity index (χ1v) is 14.1. The molecule has 1 atom stereocenters. The van der Waals surface area contributed by atoms with E-state index in [1.165, 1.54) is 17.5 Å². The Morgan fingerprint density at radius 3 is 2.80 bits per heavy atom. The number of Topliss-reactive ketones (excluding diaryl/α,β-unsaturated/α-hetero) is 1. The van der Waals surface area contributed by atoms with Crippen molar-refractivity contribution in [1.29, 1.82) is 0 Å². The molecule has 2 N–H and O–H groups in total. The van der Waals surface area contributed by atoms with Crippen LogP contribution in [0.1, 0.15) is 24.8 Å². The van der Waals surface area contributed by atoms with Crippen LogP contribution in [-0.2, 0) is 23.8 Å². The number of hydrogen-bond acceptors (Lipinski definition) is 11. The maximum atomic E-state index is 12.1. The number of aliphatic hydroxyl groups excluding tert-OH is 1. The molecule has 1 aliphatic heterocycles. The molecule has 0 saturated carbocycles. The van der Waals surface area contributed by atoms with Crippen molar-refractivity contribution in [2.45, 2.75) is 37.2 Å². The fourth-order valence-corrected chi connectivity index (χ4v) is 7.30. The van der Waals surface area contributed by atoms with Gasteiger partial charge in [0.05, 0.1) is 10.3 Å². The summed E-state index contributed by atoms with van der Waals surface area (Å²) in [7, 11) is 2.04. The zero-order valence-corrected chi connectivity index (χ0v) is 20.9. The van der Waals surface area contributed by atoms with E-state index in [-0.39, 0.29) is 12.2 Å². The lowest BCUT2D eigenvalue weighted by Gasteiger charge is -2.24. The first-order chi connectivity index (χ1) is 14.5. The molecule has 1 aromatic heterocycles. The van der Waals surface area contributed by atoms with E-state index in [4.69, 9.17) is 13.3 Å². The third kappa shape index (κ3) is 8.89. The number of aromatic nitrogens is 1. The van der Waals surface area contributed by atoms with Crippen LogP contribution in [0.15, 0.2) is 35.0 Å². The maximum Gasteiger partial charge on any atom is 0.500 e. The van der Waals surface area contributed by atoms with Crippen LogP contribution in [-0.4, -0.2) is 61.7 Å². The Hall–Kier alpha value is -0.573. The predicted octanol–water partition coefficient (Wildman–Crippen LogP) is 3.21. The Balaban J connectivity index is 1.58. The van der Waals surface area contributed by atoms with Crippen molar-refractivity contribution in [2.75, 3.05) is 27.1 Å². The van der Waals surface area contributed by atoms with Crippen LogP contribution in [0.4, 0.5) is 0 Å². The van der Waals surface area contributed by atoms with Gasteiger partial charge in [0.1, 0.15) is 5.78 Å². The van der Waals surface area contributed by atoms with E-state index >= 15 is 0 Å². The van der Waals surface area contributed by atoms with Gasteiger partial charge < -0.3 is 23.8 Å². The predicted molar refractivity (Wildman–Crippen MR) is 125 cm³/mol. The Labute approximate surface area is 192 Å². The van der Waals surface area contributed by atoms with E-state index in [0.29, 0.717) is 24.6 Å². The number of carbonyl (C=O) groups is 1. The Bertz CT molecular complexity index is 674. The molecule has 2 heterocycles. The van der Waals surface area contributed by atoms with Gasteiger partial charge in [-0.1, -0.05) is 6.07 Å². The van der Waals surface area contributed by atoms with Crippen molar-refractivity contribution in [2.24, 2.45) is 0 Å². The number of aliphatic hydroxyl groups is 1. The Kier molecular flexibility index (Phi) is 11.8. The second-order valence-electron chi connectivity index (χ2n) is 6.43. The van der Waals surface area contributed by atoms with Crippen molar-refractivity contribution in [3.8, 4) is 0 Å². The van der Waals surface area contributed by atoms with Gasteiger partial charge in [0.25, 0.3) is 0 Å². The van der Waals surface area contributed by atoms with Gasteiger partial charge >= 0.3 is 8.80 Å². The summed E-state index contributed by atoms with van der Waals surface area (Å²) in [6.07, 6.45) is 6.01. The molecule has 1 aliphatic rings. The smallest absolute Gasteiger partial charge is 0.392 e. The summed E-state index contributed by atoms with van der Waals surface area (Å²) < 4.78 is 19.1. The van der Waals surface area contributed by atoms with Crippen LogP contribution >= 0.6 is 35.7 Å². The third-order valence-electron chi connectivity index (χ3n) is 4.28. The summed E-state index contributed by atoms with van der Waals surface area (Å²) in [5.41, 5.74) is 4.32. The highest BCUT2D eigenvalue weighted by Crippen LogP contribution is 2.39. The zero-order chi connectivity index (χ0) is 21.8. The summed E-state index contributed by atoms with van der Waals surface area (Å²) in [4.78, 5) is 16.3. The monoisotopic (exact) mass is 491 g/mol. The van der Waals surface area contributed by atoms with Crippen LogP contribution < -0.4 is 5.43 Å². The molecule has 0 amide bonds. The quantitative estimate of drug-likeness (QED) is 0.280. The summed E-state index contributed by atoms with van der Waals surface area (Å²) in [6.45, 7) is 0. The van der Waals surface area contributed by atoms with Crippen LogP contribution in [0.25, 0.3) is 0 Å². The van der Waals surface area contributed by atoms with E-state index < -0.39 is 14.9 Å². The molecule has 1 aromatic rings. The number of thioether (sulfide) groups is 1. The standard InChI is InChI=1S/C18H29N3O5S3Si/c1-24-30(25-2,26-3)9-5-7-16(22)10-17(23)14-28-21-20-12-18(29-21)27-13-15-6-4-8-19-11-15/h4,6,8,11-12,17,20,23H,5,7,9-10,13-14H2,1-3H3. The minimum Gasteiger partial charge on any atom is -0.392 e. The van der Waals surface area contributed by atoms with Gasteiger partial charge in [-0.3, -0.25) is 9.78 Å². The number of ketones is 1. The number of hydrazine groups is 1. The molecule has 0 bridgehead atoms. The Morgan fingerprint density at radius 2 is 2.13 bits per heavy atom. The maximum absolute atomic E-state index is 12.1. The number of hydrogen-bond donors (Lipinski definition) is 2. The van der Waals surface area contributed by atoms with E-state index in [2.05, 4.69) is 16.5 Å². The van der Waals surface area contributed by atoms with Crippen molar-refractivity contribution >= 4 is 50.2 Å². The molecular formula is C18H29N3O5S3Si. The summed E-state index contributed by atoms with van der Waals surface area (Å²) in [5.74, 6) is 1.32. The average molecular weight is 492 g/mol. The molecule has 0 aromatic carbocycles. The van der Waals surface area contributed by atoms with Crippen molar-refractivity contribution in [1.82, 2.24) is 14.2 Å². The van der Waals surface area contributed by atoms with Crippen LogP contribution in [0.3, 0.4) is 0 Å². The highest BCUT2D eigenvalue weighted by molar-refractivity contribution is 8.25. The van der Waals surface area contributed by atoms with Gasteiger partial charge in [0, 0.05) is 70.3 Å². The Morgan fingerprint density at radius 1 is 1.37 bits per heavy atom. The number of pyridine rings is 1. The molecule has 0 spiro atoms. The fraction of sp³-hybridized carbons (Fsp3) is 0.556. The summed E-state index contributed by atoms with van der Waals surface area (Å²) >= 11 is 4.75. The van der Waals surface area contributed by atoms with Crippen LogP contribution in [0.2, 0.25) is 6.04 Å². The number of nitrogens with one attached hydrogen (secondary N) is 1. The van der Waals surface area contributed by atoms with E-state index in [0.717, 1.165) is 9.99 Å². The SMILES string of the molecule is CO[Si](CCCC(=O)CC(O)CSN1NC=C(SCc2cccnc2)S1)(OC)OC. The molecule has 0 radical (unpaired) electrons. The van der Waals surface area contributed by atoms with Crippen LogP contribution in [0.5, 0.6) is 0 Å². The van der Waals surface area contributed by atoms with Gasteiger partial charge in [-0.15, -0.1) is 15.6 Å². The summed E-state index contributed by atoms with van der Waals surface area (Å²) in [5, 5.41) is 10.2. The lowest BCUT2D eigenvalue weighted by atomic mass is 10.1. The van der Waals surface area contributed by atoms with Gasteiger partial charge in [-0.25, -0.2) is 0 Å². The molecular weight excluding hydrogens is 463 g/mol. The fourth-order valence-electron chi connectivity index (χ4n) is 2.65. The topological polar surface area (TPSA) is 93.2 Å². The van der Waals surface area contributed by atoms with Crippen LogP contribution in [0, 0.1) is 0 Å². The average Bonchev–Trinajstić information content (AvgIpc) is 3.23. The van der Waals surface area contributed by atoms with Crippen molar-refractivity contribution < 1.29 is 23.2 Å². The second kappa shape index (κ2) is 13.8. The highest BCUT2D eigenvalue weighted by atomic mass is 32.2. The minimum atomic E-state index is -2.64. The first kappa shape index (κ1) is 25.7. The van der Waals surface area contributed by atoms with Gasteiger partial charge in [0.15, 0.2) is 0 Å². The third-order valence-corrected chi connectivity index (χ3v) is 10.6. The number of rotatable bonds is 15. The first-order valence-electron chi connectivity index (χ1n) is 9.44. The van der Waals surface area contributed by atoms with Gasteiger partial charge in [-0.2, -0.15) is 0 Å². The lowest BCUT2D eigenvalue weighted by molar-refractivity contribution is -0.120. The van der Waals surface area contributed by atoms with Crippen molar-refractivity contribution in [3.63, 3.8) is 0 Å². The van der Waals surface area contributed by atoms with Gasteiger partial charge in [0.2, 0.25) is 0 Å². The molecule has 1 unspecified atom stereocenters. The van der Waals surface area contributed by atoms with E-state index in [1.807, 2.05) is 22.3 Å². The summed E-state index contributed by atoms with van der Waals surface area (Å²) in [6, 6.07) is 4.56. The largest absolute Gasteiger partial charge is 0.500 e. The molecule has 0 aliphatic carbocycles. The molecule has 12 heteroatoms. The molecule has 0 fully saturated rings. The van der Waals surface area contributed by atoms with E-state index in [9.17, 15) is 9.90 Å². The van der Waals surface area contributed by atoms with E-state index in [1.54, 1.807) is 51.2 Å². The zero-order valence-electron chi connectivity index (χ0n) is 17.4. The number of carbonyl (C=O) groups excluding carboxylic acids is 1. The minimum absolute atomic E-state index is 0.0298. The lowest BCUT2D eigenvalue weighted by Crippen LogP contribution is -2.42. The number of nitrogens with zero attached hydrogens (tertiary/aromatic N) is 2. The molecule has 168 valence electrons. The highest BCUT2D eigenvalue weighted by Gasteiger charge is 2.37. The van der Waals surface area contributed by atoms with Gasteiger partial charge in [-0.05, 0) is 41.9 Å². The second-order valence-corrected chi connectivity index (χ2v) is 13.0. The molecule has 0 saturated heterocycles. The molecule has 8 nitrogen and oxygen atoms in total.